The maximum atomic E-state index is 11.8. The molecule has 0 atom stereocenters. The summed E-state index contributed by atoms with van der Waals surface area (Å²) in [6, 6.07) is -0.469. The summed E-state index contributed by atoms with van der Waals surface area (Å²) in [5, 5.41) is 17.2. The zero-order valence-electron chi connectivity index (χ0n) is 10.3. The second-order valence-corrected chi connectivity index (χ2v) is 3.49. The number of likely N-dealkylation sites (N-methyl/N-ethyl adjacent to an activating group) is 1. The molecule has 0 fully saturated rings. The lowest BCUT2D eigenvalue weighted by Gasteiger charge is -2.25. The van der Waals surface area contributed by atoms with E-state index in [1.807, 2.05) is 0 Å². The number of aliphatic hydroxyl groups excluding tert-OH is 1. The van der Waals surface area contributed by atoms with Crippen LogP contribution in [0.3, 0.4) is 0 Å². The summed E-state index contributed by atoms with van der Waals surface area (Å²) in [7, 11) is 1.52. The second kappa shape index (κ2) is 9.27. The van der Waals surface area contributed by atoms with E-state index in [0.717, 1.165) is 4.90 Å². The van der Waals surface area contributed by atoms with Gasteiger partial charge in [0, 0.05) is 13.6 Å². The molecule has 0 aromatic rings. The number of hydrogen-bond donors (Lipinski definition) is 2. The van der Waals surface area contributed by atoms with Crippen LogP contribution in [0, 0.1) is 12.3 Å². The Balaban J connectivity index is 4.20. The van der Waals surface area contributed by atoms with Crippen molar-refractivity contribution in [2.75, 3.05) is 46.5 Å². The van der Waals surface area contributed by atoms with E-state index in [2.05, 4.69) is 5.92 Å². The smallest absolute Gasteiger partial charge is 0.323 e. The van der Waals surface area contributed by atoms with Gasteiger partial charge in [-0.2, -0.15) is 0 Å². The molecule has 0 unspecified atom stereocenters. The molecular weight excluding hydrogens is 240 g/mol. The van der Waals surface area contributed by atoms with Gasteiger partial charge in [-0.05, 0) is 0 Å². The molecule has 0 saturated carbocycles. The summed E-state index contributed by atoms with van der Waals surface area (Å²) in [6.07, 6.45) is 5.07. The summed E-state index contributed by atoms with van der Waals surface area (Å²) >= 11 is 0. The van der Waals surface area contributed by atoms with Crippen molar-refractivity contribution in [1.29, 1.82) is 0 Å². The van der Waals surface area contributed by atoms with Crippen molar-refractivity contribution in [2.24, 2.45) is 0 Å². The van der Waals surface area contributed by atoms with Crippen LogP contribution in [0.25, 0.3) is 0 Å². The summed E-state index contributed by atoms with van der Waals surface area (Å²) in [4.78, 5) is 24.8. The minimum atomic E-state index is -1.12. The third kappa shape index (κ3) is 6.73. The standard InChI is InChI=1S/C11H18N2O5/c1-3-4-13(9-10(15)16)11(17)12(2)5-7-18-8-6-14/h1,14H,4-9H2,2H3,(H,15,16). The van der Waals surface area contributed by atoms with Gasteiger partial charge in [-0.15, -0.1) is 6.42 Å². The molecule has 0 aliphatic heterocycles. The Morgan fingerprint density at radius 1 is 1.39 bits per heavy atom. The molecule has 0 saturated heterocycles. The summed E-state index contributed by atoms with van der Waals surface area (Å²) in [6.45, 7) is 0.169. The predicted molar refractivity (Wildman–Crippen MR) is 64.0 cm³/mol. The van der Waals surface area contributed by atoms with Gasteiger partial charge in [-0.3, -0.25) is 4.79 Å². The van der Waals surface area contributed by atoms with E-state index >= 15 is 0 Å². The number of rotatable bonds is 8. The average Bonchev–Trinajstić information content (AvgIpc) is 2.32. The molecule has 0 radical (unpaired) electrons. The zero-order valence-corrected chi connectivity index (χ0v) is 10.3. The normalized spacial score (nSPS) is 9.61. The molecule has 7 heteroatoms. The third-order valence-electron chi connectivity index (χ3n) is 2.01. The van der Waals surface area contributed by atoms with Crippen LogP contribution in [0.5, 0.6) is 0 Å². The van der Waals surface area contributed by atoms with Crippen LogP contribution in [0.1, 0.15) is 0 Å². The Morgan fingerprint density at radius 2 is 2.06 bits per heavy atom. The zero-order chi connectivity index (χ0) is 14.0. The van der Waals surface area contributed by atoms with Crippen LogP contribution in [-0.2, 0) is 9.53 Å². The molecule has 0 heterocycles. The highest BCUT2D eigenvalue weighted by Crippen LogP contribution is 1.97. The number of nitrogens with zero attached hydrogens (tertiary/aromatic N) is 2. The Kier molecular flexibility index (Phi) is 8.35. The van der Waals surface area contributed by atoms with Gasteiger partial charge >= 0.3 is 12.0 Å². The largest absolute Gasteiger partial charge is 0.480 e. The first kappa shape index (κ1) is 16.2. The maximum absolute atomic E-state index is 11.8. The number of urea groups is 1. The van der Waals surface area contributed by atoms with Gasteiger partial charge in [0.15, 0.2) is 0 Å². The number of ether oxygens (including phenoxy) is 1. The van der Waals surface area contributed by atoms with E-state index < -0.39 is 18.5 Å². The molecule has 0 aliphatic carbocycles. The number of carbonyl (C=O) groups is 2. The second-order valence-electron chi connectivity index (χ2n) is 3.49. The summed E-state index contributed by atoms with van der Waals surface area (Å²) in [5.74, 6) is 1.11. The maximum Gasteiger partial charge on any atom is 0.323 e. The number of carboxylic acids is 1. The molecule has 2 N–H and O–H groups in total. The molecule has 0 rings (SSSR count). The van der Waals surface area contributed by atoms with E-state index in [9.17, 15) is 9.59 Å². The van der Waals surface area contributed by atoms with Gasteiger partial charge in [0.1, 0.15) is 6.54 Å². The molecule has 7 nitrogen and oxygen atoms in total. The Bertz CT molecular complexity index is 313. The third-order valence-corrected chi connectivity index (χ3v) is 2.01. The lowest BCUT2D eigenvalue weighted by Crippen LogP contribution is -2.44. The van der Waals surface area contributed by atoms with E-state index in [1.54, 1.807) is 0 Å². The number of aliphatic hydroxyl groups is 1. The van der Waals surface area contributed by atoms with Crippen molar-refractivity contribution >= 4 is 12.0 Å². The number of aliphatic carboxylic acids is 1. The highest BCUT2D eigenvalue weighted by Gasteiger charge is 2.19. The fraction of sp³-hybridized carbons (Fsp3) is 0.636. The van der Waals surface area contributed by atoms with Crippen LogP contribution < -0.4 is 0 Å². The van der Waals surface area contributed by atoms with Crippen molar-refractivity contribution in [3.05, 3.63) is 0 Å². The van der Waals surface area contributed by atoms with Gasteiger partial charge < -0.3 is 24.7 Å². The van der Waals surface area contributed by atoms with Gasteiger partial charge in [0.05, 0.1) is 26.4 Å². The van der Waals surface area contributed by atoms with E-state index in [0.29, 0.717) is 6.54 Å². The van der Waals surface area contributed by atoms with Crippen molar-refractivity contribution < 1.29 is 24.5 Å². The fourth-order valence-corrected chi connectivity index (χ4v) is 1.17. The minimum Gasteiger partial charge on any atom is -0.480 e. The number of terminal acetylenes is 1. The molecule has 0 spiro atoms. The van der Waals surface area contributed by atoms with E-state index in [-0.39, 0.29) is 26.4 Å². The first-order valence-electron chi connectivity index (χ1n) is 5.36. The molecule has 102 valence electrons. The predicted octanol–water partition coefficient (Wildman–Crippen LogP) is -0.933. The summed E-state index contributed by atoms with van der Waals surface area (Å²) in [5.41, 5.74) is 0. The Morgan fingerprint density at radius 3 is 2.56 bits per heavy atom. The number of carboxylic acid groups (broad SMARTS) is 1. The first-order valence-corrected chi connectivity index (χ1v) is 5.36. The van der Waals surface area contributed by atoms with Crippen LogP contribution >= 0.6 is 0 Å². The van der Waals surface area contributed by atoms with Crippen LogP contribution in [0.4, 0.5) is 4.79 Å². The van der Waals surface area contributed by atoms with Crippen molar-refractivity contribution in [3.8, 4) is 12.3 Å². The molecular formula is C11H18N2O5. The highest BCUT2D eigenvalue weighted by molar-refractivity contribution is 5.80. The number of amides is 2. The molecule has 0 aliphatic rings. The van der Waals surface area contributed by atoms with E-state index in [1.165, 1.54) is 11.9 Å². The van der Waals surface area contributed by atoms with Crippen molar-refractivity contribution in [2.45, 2.75) is 0 Å². The molecule has 0 aromatic carbocycles. The molecule has 0 aromatic heterocycles. The van der Waals surface area contributed by atoms with Gasteiger partial charge in [-0.25, -0.2) is 4.79 Å². The fourth-order valence-electron chi connectivity index (χ4n) is 1.17. The quantitative estimate of drug-likeness (QED) is 0.433. The van der Waals surface area contributed by atoms with Crippen LogP contribution in [0.15, 0.2) is 0 Å². The SMILES string of the molecule is C#CCN(CC(=O)O)C(=O)N(C)CCOCCO. The monoisotopic (exact) mass is 258 g/mol. The number of hydrogen-bond acceptors (Lipinski definition) is 4. The van der Waals surface area contributed by atoms with Crippen molar-refractivity contribution in [3.63, 3.8) is 0 Å². The topological polar surface area (TPSA) is 90.3 Å². The molecule has 2 amide bonds. The highest BCUT2D eigenvalue weighted by atomic mass is 16.5. The molecule has 0 bridgehead atoms. The lowest BCUT2D eigenvalue weighted by molar-refractivity contribution is -0.137. The minimum absolute atomic E-state index is 0.0625. The Labute approximate surface area is 106 Å². The number of carbonyl (C=O) groups excluding carboxylic acids is 1. The average molecular weight is 258 g/mol. The molecule has 18 heavy (non-hydrogen) atoms. The van der Waals surface area contributed by atoms with Gasteiger partial charge in [-0.1, -0.05) is 5.92 Å². The van der Waals surface area contributed by atoms with Gasteiger partial charge in [0.25, 0.3) is 0 Å². The first-order chi connectivity index (χ1) is 8.52. The van der Waals surface area contributed by atoms with Gasteiger partial charge in [0.2, 0.25) is 0 Å². The van der Waals surface area contributed by atoms with Crippen molar-refractivity contribution in [1.82, 2.24) is 9.80 Å². The van der Waals surface area contributed by atoms with E-state index in [4.69, 9.17) is 21.4 Å². The summed E-state index contributed by atoms with van der Waals surface area (Å²) < 4.78 is 5.01. The van der Waals surface area contributed by atoms with Crippen LogP contribution in [0.2, 0.25) is 0 Å². The lowest BCUT2D eigenvalue weighted by atomic mass is 10.4. The Hall–Kier alpha value is -1.78. The van der Waals surface area contributed by atoms with Crippen LogP contribution in [-0.4, -0.2) is 78.5 Å².